The molecule has 7 nitrogen and oxygen atoms in total. The molecule has 0 aliphatic heterocycles. The summed E-state index contributed by atoms with van der Waals surface area (Å²) < 4.78 is 2.28. The summed E-state index contributed by atoms with van der Waals surface area (Å²) in [5, 5.41) is 24.0. The Labute approximate surface area is 198 Å². The van der Waals surface area contributed by atoms with E-state index in [1.807, 2.05) is 26.0 Å². The first-order valence-electron chi connectivity index (χ1n) is 11.5. The molecule has 1 amide bonds. The number of carbonyl (C=O) groups is 2. The molecule has 0 aliphatic carbocycles. The maximum Gasteiger partial charge on any atom is 0.334 e. The molecule has 2 aromatic heterocycles. The quantitative estimate of drug-likeness (QED) is 0.378. The van der Waals surface area contributed by atoms with Crippen LogP contribution >= 0.6 is 11.3 Å². The zero-order chi connectivity index (χ0) is 24.1. The first kappa shape index (κ1) is 24.9. The van der Waals surface area contributed by atoms with Gasteiger partial charge in [0.2, 0.25) is 0 Å². The predicted molar refractivity (Wildman–Crippen MR) is 131 cm³/mol. The SMILES string of the molecule is CCC(CC)n1c(Cc2cccs2)nc2cc(C(=O)N[C@@H](CC(C)C)[C@@H](O)C(=O)O)ccc21. The Hall–Kier alpha value is -2.71. The number of fused-ring (bicyclic) bond motifs is 1. The van der Waals surface area contributed by atoms with Crippen LogP contribution in [0.1, 0.15) is 74.1 Å². The van der Waals surface area contributed by atoms with Gasteiger partial charge in [-0.15, -0.1) is 11.3 Å². The van der Waals surface area contributed by atoms with Crippen molar-refractivity contribution in [2.45, 2.75) is 71.6 Å². The third kappa shape index (κ3) is 5.81. The molecular weight excluding hydrogens is 438 g/mol. The summed E-state index contributed by atoms with van der Waals surface area (Å²) in [4.78, 5) is 30.4. The second kappa shape index (κ2) is 10.9. The highest BCUT2D eigenvalue weighted by Gasteiger charge is 2.28. The molecule has 3 aromatic rings. The van der Waals surface area contributed by atoms with Crippen LogP contribution in [0.2, 0.25) is 0 Å². The fourth-order valence-electron chi connectivity index (χ4n) is 4.24. The van der Waals surface area contributed by atoms with Gasteiger partial charge < -0.3 is 20.1 Å². The maximum atomic E-state index is 13.0. The predicted octanol–water partition coefficient (Wildman–Crippen LogP) is 4.64. The van der Waals surface area contributed by atoms with Gasteiger partial charge in [-0.1, -0.05) is 33.8 Å². The van der Waals surface area contributed by atoms with Crippen molar-refractivity contribution in [1.82, 2.24) is 14.9 Å². The Morgan fingerprint density at radius 1 is 1.18 bits per heavy atom. The Bertz CT molecular complexity index is 1090. The summed E-state index contributed by atoms with van der Waals surface area (Å²) >= 11 is 1.70. The van der Waals surface area contributed by atoms with Crippen molar-refractivity contribution >= 4 is 34.2 Å². The second-order valence-corrected chi connectivity index (χ2v) is 9.85. The number of thiophene rings is 1. The summed E-state index contributed by atoms with van der Waals surface area (Å²) in [6, 6.07) is 8.98. The van der Waals surface area contributed by atoms with Gasteiger partial charge >= 0.3 is 5.97 Å². The molecule has 3 N–H and O–H groups in total. The molecule has 0 aliphatic rings. The number of aliphatic hydroxyl groups is 1. The average Bonchev–Trinajstić information content (AvgIpc) is 3.41. The lowest BCUT2D eigenvalue weighted by Crippen LogP contribution is -2.47. The van der Waals surface area contributed by atoms with Crippen LogP contribution in [-0.2, 0) is 11.2 Å². The van der Waals surface area contributed by atoms with Crippen molar-refractivity contribution in [3.8, 4) is 0 Å². The van der Waals surface area contributed by atoms with Crippen LogP contribution in [0.15, 0.2) is 35.7 Å². The number of aliphatic hydroxyl groups excluding tert-OH is 1. The van der Waals surface area contributed by atoms with Crippen LogP contribution < -0.4 is 5.32 Å². The van der Waals surface area contributed by atoms with Gasteiger partial charge in [-0.05, 0) is 54.8 Å². The molecule has 178 valence electrons. The second-order valence-electron chi connectivity index (χ2n) is 8.82. The number of benzene rings is 1. The Morgan fingerprint density at radius 2 is 1.91 bits per heavy atom. The normalized spacial score (nSPS) is 13.5. The van der Waals surface area contributed by atoms with Gasteiger partial charge in [0.25, 0.3) is 5.91 Å². The van der Waals surface area contributed by atoms with Gasteiger partial charge in [-0.2, -0.15) is 0 Å². The van der Waals surface area contributed by atoms with Gasteiger partial charge in [0.15, 0.2) is 6.10 Å². The summed E-state index contributed by atoms with van der Waals surface area (Å²) in [5.41, 5.74) is 2.11. The molecule has 33 heavy (non-hydrogen) atoms. The lowest BCUT2D eigenvalue weighted by Gasteiger charge is -2.23. The van der Waals surface area contributed by atoms with Gasteiger partial charge in [-0.3, -0.25) is 4.79 Å². The summed E-state index contributed by atoms with van der Waals surface area (Å²) in [6.45, 7) is 8.16. The molecule has 0 saturated carbocycles. The molecule has 0 spiro atoms. The molecule has 2 atom stereocenters. The third-order valence-electron chi connectivity index (χ3n) is 5.92. The molecule has 0 unspecified atom stereocenters. The topological polar surface area (TPSA) is 104 Å². The minimum atomic E-state index is -1.66. The number of amides is 1. The zero-order valence-corrected chi connectivity index (χ0v) is 20.4. The van der Waals surface area contributed by atoms with Crippen molar-refractivity contribution in [3.63, 3.8) is 0 Å². The third-order valence-corrected chi connectivity index (χ3v) is 6.80. The van der Waals surface area contributed by atoms with Crippen LogP contribution in [0.5, 0.6) is 0 Å². The van der Waals surface area contributed by atoms with Crippen LogP contribution in [0.4, 0.5) is 0 Å². The number of aromatic nitrogens is 2. The Kier molecular flexibility index (Phi) is 8.26. The van der Waals surface area contributed by atoms with Crippen molar-refractivity contribution in [2.24, 2.45) is 5.92 Å². The molecular formula is C25H33N3O4S. The highest BCUT2D eigenvalue weighted by molar-refractivity contribution is 7.09. The average molecular weight is 472 g/mol. The molecule has 1 aromatic carbocycles. The van der Waals surface area contributed by atoms with E-state index in [1.54, 1.807) is 23.5 Å². The summed E-state index contributed by atoms with van der Waals surface area (Å²) in [7, 11) is 0. The number of hydrogen-bond donors (Lipinski definition) is 3. The monoisotopic (exact) mass is 471 g/mol. The van der Waals surface area contributed by atoms with Crippen LogP contribution in [0.3, 0.4) is 0 Å². The zero-order valence-electron chi connectivity index (χ0n) is 19.6. The van der Waals surface area contributed by atoms with Crippen molar-refractivity contribution in [3.05, 3.63) is 52.0 Å². The van der Waals surface area contributed by atoms with E-state index in [2.05, 4.69) is 35.2 Å². The standard InChI is InChI=1S/C25H33N3O4S/c1-5-17(6-2)28-21-10-9-16(13-19(21)26-22(28)14-18-8-7-11-33-18)24(30)27-20(12-15(3)4)23(29)25(31)32/h7-11,13,15,17,20,23,29H,5-6,12,14H2,1-4H3,(H,27,30)(H,31,32)/t20-,23+/m0/s1. The van der Waals surface area contributed by atoms with Crippen LogP contribution in [-0.4, -0.2) is 43.8 Å². The van der Waals surface area contributed by atoms with Gasteiger partial charge in [0, 0.05) is 22.9 Å². The number of imidazole rings is 1. The van der Waals surface area contributed by atoms with E-state index in [0.717, 1.165) is 36.1 Å². The fraction of sp³-hybridized carbons (Fsp3) is 0.480. The van der Waals surface area contributed by atoms with E-state index in [9.17, 15) is 19.8 Å². The van der Waals surface area contributed by atoms with E-state index >= 15 is 0 Å². The number of carboxylic acid groups (broad SMARTS) is 1. The van der Waals surface area contributed by atoms with E-state index in [4.69, 9.17) is 4.98 Å². The highest BCUT2D eigenvalue weighted by Crippen LogP contribution is 2.28. The number of hydrogen-bond acceptors (Lipinski definition) is 5. The molecule has 0 radical (unpaired) electrons. The first-order valence-corrected chi connectivity index (χ1v) is 12.4. The largest absolute Gasteiger partial charge is 0.479 e. The van der Waals surface area contributed by atoms with E-state index in [1.165, 1.54) is 4.88 Å². The smallest absolute Gasteiger partial charge is 0.334 e. The molecule has 0 saturated heterocycles. The Morgan fingerprint density at radius 3 is 2.48 bits per heavy atom. The van der Waals surface area contributed by atoms with Gasteiger partial charge in [0.1, 0.15) is 5.82 Å². The van der Waals surface area contributed by atoms with E-state index in [-0.39, 0.29) is 5.92 Å². The lowest BCUT2D eigenvalue weighted by molar-refractivity contribution is -0.148. The van der Waals surface area contributed by atoms with Crippen molar-refractivity contribution < 1.29 is 19.8 Å². The number of carboxylic acids is 1. The molecule has 0 bridgehead atoms. The summed E-state index contributed by atoms with van der Waals surface area (Å²) in [5.74, 6) is -0.682. The van der Waals surface area contributed by atoms with Crippen molar-refractivity contribution in [2.75, 3.05) is 0 Å². The highest BCUT2D eigenvalue weighted by atomic mass is 32.1. The lowest BCUT2D eigenvalue weighted by atomic mass is 9.98. The molecule has 8 heteroatoms. The number of rotatable bonds is 11. The summed E-state index contributed by atoms with van der Waals surface area (Å²) in [6.07, 6.45) is 1.38. The molecule has 2 heterocycles. The molecule has 0 fully saturated rings. The first-order chi connectivity index (χ1) is 15.7. The minimum Gasteiger partial charge on any atom is -0.479 e. The van der Waals surface area contributed by atoms with Gasteiger partial charge in [0.05, 0.1) is 17.1 Å². The van der Waals surface area contributed by atoms with E-state index in [0.29, 0.717) is 18.0 Å². The minimum absolute atomic E-state index is 0.113. The number of aliphatic carboxylic acids is 1. The van der Waals surface area contributed by atoms with Crippen LogP contribution in [0.25, 0.3) is 11.0 Å². The number of nitrogens with zero attached hydrogens (tertiary/aromatic N) is 2. The maximum absolute atomic E-state index is 13.0. The number of carbonyl (C=O) groups excluding carboxylic acids is 1. The van der Waals surface area contributed by atoms with E-state index < -0.39 is 24.0 Å². The van der Waals surface area contributed by atoms with Gasteiger partial charge in [-0.25, -0.2) is 9.78 Å². The Balaban J connectivity index is 1.95. The fourth-order valence-corrected chi connectivity index (χ4v) is 4.94. The number of nitrogens with one attached hydrogen (secondary N) is 1. The van der Waals surface area contributed by atoms with Crippen LogP contribution in [0, 0.1) is 5.92 Å². The van der Waals surface area contributed by atoms with Crippen molar-refractivity contribution in [1.29, 1.82) is 0 Å². The molecule has 3 rings (SSSR count).